The molecule has 0 bridgehead atoms. The van der Waals surface area contributed by atoms with Crippen LogP contribution in [0.25, 0.3) is 0 Å². The molecular weight excluding hydrogens is 164 g/mol. The van der Waals surface area contributed by atoms with E-state index in [4.69, 9.17) is 26.7 Å². The molecule has 0 spiro atoms. The van der Waals surface area contributed by atoms with Crippen LogP contribution < -0.4 is 16.4 Å². The van der Waals surface area contributed by atoms with Gasteiger partial charge in [-0.3, -0.25) is 0 Å². The molecule has 1 aliphatic rings. The van der Waals surface area contributed by atoms with Crippen LogP contribution in [0.4, 0.5) is 0 Å². The molecule has 1 rings (SSSR count). The Morgan fingerprint density at radius 1 is 2.09 bits per heavy atom. The molecule has 0 aromatic carbocycles. The van der Waals surface area contributed by atoms with Crippen LogP contribution in [-0.2, 0) is 0 Å². The van der Waals surface area contributed by atoms with Crippen molar-refractivity contribution in [3.8, 4) is 6.07 Å². The van der Waals surface area contributed by atoms with Crippen LogP contribution in [0, 0.1) is 11.3 Å². The number of nitrogens with zero attached hydrogens (tertiary/aromatic N) is 1. The largest absolute Gasteiger partial charge is 0.372 e. The zero-order valence-corrected chi connectivity index (χ0v) is 6.39. The lowest BCUT2D eigenvalue weighted by Gasteiger charge is -2.26. The Kier molecular flexibility index (Phi) is 1.53. The fourth-order valence-corrected chi connectivity index (χ4v) is 0.758. The average molecular weight is 176 g/mol. The van der Waals surface area contributed by atoms with E-state index in [1.165, 1.54) is 6.20 Å². The molecule has 0 saturated carbocycles. The lowest BCUT2D eigenvalue weighted by atomic mass is 10.2. The zero-order valence-electron chi connectivity index (χ0n) is 8.63. The molecule has 11 heavy (non-hydrogen) atoms. The Balaban J connectivity index is 3.13. The van der Waals surface area contributed by atoms with Crippen molar-refractivity contribution in [1.29, 1.82) is 5.26 Å². The van der Waals surface area contributed by atoms with E-state index in [1.54, 1.807) is 6.07 Å². The second kappa shape index (κ2) is 3.46. The maximum Gasteiger partial charge on any atom is 0.161 e. The Bertz CT molecular complexity index is 313. The first-order chi connectivity index (χ1) is 6.37. The number of hydrogen-bond donors (Lipinski definition) is 3. The summed E-state index contributed by atoms with van der Waals surface area (Å²) in [6.07, 6.45) is -0.985. The Morgan fingerprint density at radius 2 is 2.82 bits per heavy atom. The number of allylic oxidation sites excluding steroid dienone is 1. The van der Waals surface area contributed by atoms with Crippen molar-refractivity contribution < 1.29 is 4.15 Å². The van der Waals surface area contributed by atoms with Crippen LogP contribution in [0.1, 0.15) is 2.74 Å². The molecule has 4 nitrogen and oxygen atoms in total. The predicted molar refractivity (Wildman–Crippen MR) is 42.5 cm³/mol. The van der Waals surface area contributed by atoms with E-state index in [2.05, 4.69) is 5.32 Å². The van der Waals surface area contributed by atoms with Crippen molar-refractivity contribution in [2.45, 2.75) is 12.2 Å². The number of nitrogens with two attached hydrogens (primary N) is 1. The number of rotatable bonds is 1. The number of nitriles is 1. The zero-order chi connectivity index (χ0) is 11.0. The molecule has 0 amide bonds. The van der Waals surface area contributed by atoms with E-state index in [-0.39, 0.29) is 5.88 Å². The first-order valence-corrected chi connectivity index (χ1v) is 3.44. The van der Waals surface area contributed by atoms with Gasteiger partial charge in [-0.05, 0) is 0 Å². The van der Waals surface area contributed by atoms with Gasteiger partial charge in [-0.1, -0.05) is 0 Å². The molecule has 60 valence electrons. The molecule has 1 aliphatic heterocycles. The molecule has 1 heterocycles. The smallest absolute Gasteiger partial charge is 0.161 e. The van der Waals surface area contributed by atoms with E-state index in [9.17, 15) is 0 Å². The summed E-state index contributed by atoms with van der Waals surface area (Å²) < 4.78 is 22.4. The molecule has 0 aromatic heterocycles. The van der Waals surface area contributed by atoms with Crippen LogP contribution in [0.15, 0.2) is 11.9 Å². The highest BCUT2D eigenvalue weighted by Crippen LogP contribution is 2.01. The molecule has 2 unspecified atom stereocenters. The van der Waals surface area contributed by atoms with Gasteiger partial charge in [-0.2, -0.15) is 5.26 Å². The van der Waals surface area contributed by atoms with Gasteiger partial charge in [0.25, 0.3) is 0 Å². The summed E-state index contributed by atoms with van der Waals surface area (Å²) in [5.74, 6) is 0.0216. The van der Waals surface area contributed by atoms with Crippen molar-refractivity contribution in [2.75, 3.05) is 5.88 Å². The summed E-state index contributed by atoms with van der Waals surface area (Å²) in [4.78, 5) is 0. The van der Waals surface area contributed by atoms with Crippen molar-refractivity contribution in [3.05, 3.63) is 11.9 Å². The fraction of sp³-hybridized carbons (Fsp3) is 0.500. The monoisotopic (exact) mass is 175 g/mol. The molecule has 0 fully saturated rings. The second-order valence-corrected chi connectivity index (χ2v) is 2.18. The maximum atomic E-state index is 8.74. The van der Waals surface area contributed by atoms with E-state index >= 15 is 0 Å². The predicted octanol–water partition coefficient (Wildman–Crippen LogP) is -0.564. The average Bonchev–Trinajstić information content (AvgIpc) is 2.14. The van der Waals surface area contributed by atoms with E-state index in [0.717, 1.165) is 0 Å². The molecule has 5 heteroatoms. The molecule has 4 N–H and O–H groups in total. The van der Waals surface area contributed by atoms with Crippen molar-refractivity contribution in [2.24, 2.45) is 5.73 Å². The van der Waals surface area contributed by atoms with Gasteiger partial charge in [0.05, 0.1) is 14.7 Å². The Labute approximate surface area is 74.3 Å². The minimum Gasteiger partial charge on any atom is -0.372 e. The third-order valence-electron chi connectivity index (χ3n) is 1.16. The summed E-state index contributed by atoms with van der Waals surface area (Å²) in [6, 6.07) is -0.556. The third-order valence-corrected chi connectivity index (χ3v) is 1.44. The summed E-state index contributed by atoms with van der Waals surface area (Å²) in [7, 11) is 0. The summed E-state index contributed by atoms with van der Waals surface area (Å²) >= 11 is 5.49. The maximum absolute atomic E-state index is 8.74. The van der Waals surface area contributed by atoms with Crippen LogP contribution in [-0.4, -0.2) is 18.0 Å². The number of nitrogens with one attached hydrogen (secondary N) is 2. The van der Waals surface area contributed by atoms with Gasteiger partial charge in [-0.15, -0.1) is 11.6 Å². The van der Waals surface area contributed by atoms with Gasteiger partial charge in [0.2, 0.25) is 0 Å². The van der Waals surface area contributed by atoms with Crippen LogP contribution in [0.2, 0.25) is 1.41 Å². The SMILES string of the molecule is [2H]N1C=C(CCl)NC([2H])(C#N)C1([2H])N. The molecule has 0 aromatic rings. The Hall–Kier alpha value is -0.920. The number of halogens is 1. The lowest BCUT2D eigenvalue weighted by molar-refractivity contribution is 0.471. The topological polar surface area (TPSA) is 73.9 Å². The fourth-order valence-electron chi connectivity index (χ4n) is 0.622. The standard InChI is InChI=1S/C6H9ClN4/c7-1-4-3-10-6(9)5(2-8)11-4/h3,5-6,10-11H,1,9H2/i5D,6D/hD. The highest BCUT2D eigenvalue weighted by atomic mass is 35.5. The summed E-state index contributed by atoms with van der Waals surface area (Å²) in [6.45, 7) is 0. The lowest BCUT2D eigenvalue weighted by Crippen LogP contribution is -2.54. The molecular formula is C6H9ClN4. The van der Waals surface area contributed by atoms with Gasteiger partial charge in [0, 0.05) is 11.9 Å². The minimum absolute atomic E-state index is 0.0216. The van der Waals surface area contributed by atoms with Gasteiger partial charge in [0.1, 0.15) is 12.2 Å². The number of alkyl halides is 1. The molecule has 0 saturated heterocycles. The van der Waals surface area contributed by atoms with E-state index in [1.807, 2.05) is 0 Å². The minimum atomic E-state index is -2.17. The highest BCUT2D eigenvalue weighted by Gasteiger charge is 2.20. The van der Waals surface area contributed by atoms with E-state index in [0.29, 0.717) is 11.0 Å². The quantitative estimate of drug-likeness (QED) is 0.467. The third kappa shape index (κ3) is 1.76. The summed E-state index contributed by atoms with van der Waals surface area (Å²) in [5, 5.41) is 11.7. The van der Waals surface area contributed by atoms with Gasteiger partial charge in [-0.25, -0.2) is 0 Å². The van der Waals surface area contributed by atoms with E-state index < -0.39 is 12.2 Å². The number of hydrogen-bond acceptors (Lipinski definition) is 4. The van der Waals surface area contributed by atoms with Gasteiger partial charge >= 0.3 is 0 Å². The van der Waals surface area contributed by atoms with Crippen LogP contribution in [0.3, 0.4) is 0 Å². The first kappa shape index (κ1) is 4.86. The molecule has 0 radical (unpaired) electrons. The van der Waals surface area contributed by atoms with Crippen molar-refractivity contribution >= 4 is 11.6 Å². The van der Waals surface area contributed by atoms with Gasteiger partial charge < -0.3 is 16.4 Å². The highest BCUT2D eigenvalue weighted by molar-refractivity contribution is 6.19. The normalized spacial score (nSPS) is 47.5. The van der Waals surface area contributed by atoms with Crippen LogP contribution in [0.5, 0.6) is 0 Å². The van der Waals surface area contributed by atoms with Gasteiger partial charge in [0.15, 0.2) is 1.41 Å². The van der Waals surface area contributed by atoms with Crippen molar-refractivity contribution in [1.82, 2.24) is 10.6 Å². The Morgan fingerprint density at radius 3 is 3.36 bits per heavy atom. The van der Waals surface area contributed by atoms with Crippen LogP contribution >= 0.6 is 11.6 Å². The second-order valence-electron chi connectivity index (χ2n) is 1.91. The van der Waals surface area contributed by atoms with Crippen molar-refractivity contribution in [3.63, 3.8) is 0 Å². The summed E-state index contributed by atoms with van der Waals surface area (Å²) in [5.41, 5.74) is 5.68. The molecule has 2 atom stereocenters. The molecule has 0 aliphatic carbocycles. The first-order valence-electron chi connectivity index (χ1n) is 4.35.